The number of carbonyl (C=O) groups excluding carboxylic acids is 1. The maximum absolute atomic E-state index is 14.0. The molecule has 30 heavy (non-hydrogen) atoms. The van der Waals surface area contributed by atoms with Gasteiger partial charge in [0.05, 0.1) is 17.4 Å². The number of hydrogen-bond acceptors (Lipinski definition) is 5. The molecule has 0 saturated carbocycles. The minimum atomic E-state index is -0.746. The molecule has 6 heterocycles. The second-order valence-electron chi connectivity index (χ2n) is 8.24. The Hall–Kier alpha value is -3.20. The highest BCUT2D eigenvalue weighted by Gasteiger charge is 2.36. The van der Waals surface area contributed by atoms with Crippen LogP contribution in [0.1, 0.15) is 23.3 Å². The summed E-state index contributed by atoms with van der Waals surface area (Å²) in [6.45, 7) is 2.97. The lowest BCUT2D eigenvalue weighted by Crippen LogP contribution is -2.37. The van der Waals surface area contributed by atoms with E-state index in [1.807, 2.05) is 0 Å². The lowest BCUT2D eigenvalue weighted by molar-refractivity contribution is 0.0828. The summed E-state index contributed by atoms with van der Waals surface area (Å²) >= 11 is 0. The molecule has 0 aliphatic carbocycles. The van der Waals surface area contributed by atoms with Gasteiger partial charge in [-0.2, -0.15) is 5.10 Å². The van der Waals surface area contributed by atoms with E-state index < -0.39 is 11.6 Å². The molecule has 3 atom stereocenters. The first-order chi connectivity index (χ1) is 14.6. The molecule has 6 rings (SSSR count). The Morgan fingerprint density at radius 3 is 2.93 bits per heavy atom. The molecule has 1 N–H and O–H groups in total. The SMILES string of the molecule is O=C(c1cc2[nH]nc(-c3cnc4c(F)cc(F)cn34)c2cn1)C1CC2CCN(C2)C1. The van der Waals surface area contributed by atoms with Crippen LogP contribution in [0, 0.1) is 23.5 Å². The van der Waals surface area contributed by atoms with Crippen molar-refractivity contribution in [2.24, 2.45) is 11.8 Å². The fourth-order valence-electron chi connectivity index (χ4n) is 4.89. The maximum Gasteiger partial charge on any atom is 0.185 e. The minimum Gasteiger partial charge on any atom is -0.302 e. The Morgan fingerprint density at radius 2 is 2.07 bits per heavy atom. The van der Waals surface area contributed by atoms with Gasteiger partial charge in [0.25, 0.3) is 0 Å². The molecule has 3 unspecified atom stereocenters. The molecule has 0 radical (unpaired) electrons. The van der Waals surface area contributed by atoms with E-state index in [4.69, 9.17) is 0 Å². The van der Waals surface area contributed by atoms with Gasteiger partial charge in [0.1, 0.15) is 17.2 Å². The molecule has 9 heteroatoms. The van der Waals surface area contributed by atoms with Gasteiger partial charge in [-0.3, -0.25) is 19.3 Å². The Bertz CT molecular complexity index is 1300. The molecule has 0 aromatic carbocycles. The predicted molar refractivity (Wildman–Crippen MR) is 105 cm³/mol. The molecule has 2 saturated heterocycles. The average Bonchev–Trinajstić information content (AvgIpc) is 3.43. The zero-order chi connectivity index (χ0) is 20.4. The van der Waals surface area contributed by atoms with Gasteiger partial charge in [-0.05, 0) is 31.4 Å². The van der Waals surface area contributed by atoms with Crippen molar-refractivity contribution < 1.29 is 13.6 Å². The third kappa shape index (κ3) is 2.65. The highest BCUT2D eigenvalue weighted by molar-refractivity contribution is 6.00. The van der Waals surface area contributed by atoms with E-state index in [0.29, 0.717) is 33.9 Å². The summed E-state index contributed by atoms with van der Waals surface area (Å²) in [5, 5.41) is 7.88. The van der Waals surface area contributed by atoms with Gasteiger partial charge in [-0.15, -0.1) is 0 Å². The normalized spacial score (nSPS) is 23.5. The molecule has 7 nitrogen and oxygen atoms in total. The van der Waals surface area contributed by atoms with E-state index >= 15 is 0 Å². The van der Waals surface area contributed by atoms with E-state index in [0.717, 1.165) is 32.1 Å². The first-order valence-corrected chi connectivity index (χ1v) is 10.00. The fourth-order valence-corrected chi connectivity index (χ4v) is 4.89. The first-order valence-electron chi connectivity index (χ1n) is 10.00. The van der Waals surface area contributed by atoms with Crippen molar-refractivity contribution in [3.8, 4) is 11.4 Å². The van der Waals surface area contributed by atoms with E-state index in [1.54, 1.807) is 12.3 Å². The number of aromatic amines is 1. The number of imidazole rings is 1. The average molecular weight is 408 g/mol. The van der Waals surface area contributed by atoms with Crippen LogP contribution in [0.5, 0.6) is 0 Å². The van der Waals surface area contributed by atoms with Crippen molar-refractivity contribution in [3.63, 3.8) is 0 Å². The number of aromatic nitrogens is 5. The number of fused-ring (bicyclic) bond motifs is 4. The van der Waals surface area contributed by atoms with Crippen LogP contribution in [0.15, 0.2) is 30.7 Å². The van der Waals surface area contributed by atoms with Crippen molar-refractivity contribution in [1.29, 1.82) is 0 Å². The molecule has 0 amide bonds. The van der Waals surface area contributed by atoms with Crippen molar-refractivity contribution in [1.82, 2.24) is 29.5 Å². The van der Waals surface area contributed by atoms with Crippen LogP contribution in [-0.2, 0) is 0 Å². The van der Waals surface area contributed by atoms with Gasteiger partial charge in [0.15, 0.2) is 17.2 Å². The van der Waals surface area contributed by atoms with Crippen molar-refractivity contribution in [3.05, 3.63) is 48.1 Å². The Morgan fingerprint density at radius 1 is 1.17 bits per heavy atom. The van der Waals surface area contributed by atoms with Crippen LogP contribution in [0.4, 0.5) is 8.78 Å². The fraction of sp³-hybridized carbons (Fsp3) is 0.333. The first kappa shape index (κ1) is 17.6. The number of H-pyrrole nitrogens is 1. The number of nitrogens with one attached hydrogen (secondary N) is 1. The van der Waals surface area contributed by atoms with E-state index in [2.05, 4.69) is 25.1 Å². The Kier molecular flexibility index (Phi) is 3.76. The highest BCUT2D eigenvalue weighted by atomic mass is 19.1. The van der Waals surface area contributed by atoms with Crippen LogP contribution < -0.4 is 0 Å². The molecule has 0 spiro atoms. The van der Waals surface area contributed by atoms with Crippen molar-refractivity contribution in [2.75, 3.05) is 19.6 Å². The molecular formula is C21H18F2N6O. The quantitative estimate of drug-likeness (QED) is 0.527. The van der Waals surface area contributed by atoms with Gasteiger partial charge in [0, 0.05) is 42.9 Å². The summed E-state index contributed by atoms with van der Waals surface area (Å²) in [4.78, 5) is 23.8. The van der Waals surface area contributed by atoms with E-state index in [9.17, 15) is 13.6 Å². The Labute approximate surface area is 169 Å². The molecular weight excluding hydrogens is 390 g/mol. The highest BCUT2D eigenvalue weighted by Crippen LogP contribution is 2.33. The summed E-state index contributed by atoms with van der Waals surface area (Å²) in [5.74, 6) is -0.815. The molecule has 152 valence electrons. The van der Waals surface area contributed by atoms with Gasteiger partial charge in [-0.25, -0.2) is 13.8 Å². The van der Waals surface area contributed by atoms with Crippen LogP contribution in [0.3, 0.4) is 0 Å². The largest absolute Gasteiger partial charge is 0.302 e. The number of rotatable bonds is 3. The molecule has 2 bridgehead atoms. The van der Waals surface area contributed by atoms with Gasteiger partial charge in [0.2, 0.25) is 0 Å². The number of hydrogen-bond donors (Lipinski definition) is 1. The third-order valence-corrected chi connectivity index (χ3v) is 6.31. The monoisotopic (exact) mass is 408 g/mol. The lowest BCUT2D eigenvalue weighted by Gasteiger charge is -2.28. The molecule has 2 aliphatic rings. The predicted octanol–water partition coefficient (Wildman–Crippen LogP) is 3.08. The second kappa shape index (κ2) is 6.40. The van der Waals surface area contributed by atoms with Crippen molar-refractivity contribution >= 4 is 22.3 Å². The maximum atomic E-state index is 14.0. The zero-order valence-corrected chi connectivity index (χ0v) is 16.0. The van der Waals surface area contributed by atoms with Crippen molar-refractivity contribution in [2.45, 2.75) is 12.8 Å². The number of pyridine rings is 2. The molecule has 4 aromatic rings. The Balaban J connectivity index is 1.38. The topological polar surface area (TPSA) is 79.2 Å². The van der Waals surface area contributed by atoms with E-state index in [1.165, 1.54) is 23.2 Å². The molecule has 2 fully saturated rings. The van der Waals surface area contributed by atoms with E-state index in [-0.39, 0.29) is 17.3 Å². The summed E-state index contributed by atoms with van der Waals surface area (Å²) in [5.41, 5.74) is 1.99. The summed E-state index contributed by atoms with van der Waals surface area (Å²) < 4.78 is 29.0. The van der Waals surface area contributed by atoms with Gasteiger partial charge >= 0.3 is 0 Å². The van der Waals surface area contributed by atoms with Crippen LogP contribution in [-0.4, -0.2) is 54.9 Å². The third-order valence-electron chi connectivity index (χ3n) is 6.31. The van der Waals surface area contributed by atoms with Crippen LogP contribution >= 0.6 is 0 Å². The number of nitrogens with zero attached hydrogens (tertiary/aromatic N) is 5. The molecule has 2 aliphatic heterocycles. The van der Waals surface area contributed by atoms with Crippen LogP contribution in [0.25, 0.3) is 27.9 Å². The number of carbonyl (C=O) groups is 1. The summed E-state index contributed by atoms with van der Waals surface area (Å²) in [6.07, 6.45) is 6.29. The minimum absolute atomic E-state index is 0.0178. The number of piperidine rings is 1. The lowest BCUT2D eigenvalue weighted by atomic mass is 9.87. The smallest absolute Gasteiger partial charge is 0.185 e. The van der Waals surface area contributed by atoms with Crippen LogP contribution in [0.2, 0.25) is 0 Å². The number of ketones is 1. The number of Topliss-reactive ketones (excluding diaryl/α,β-unsaturated/α-hetero) is 1. The summed E-state index contributed by atoms with van der Waals surface area (Å²) in [6, 6.07) is 2.51. The molecule has 4 aromatic heterocycles. The number of halogens is 2. The van der Waals surface area contributed by atoms with Gasteiger partial charge in [-0.1, -0.05) is 0 Å². The standard InChI is InChI=1S/C21H18F2N6O/c22-13-4-15(23)21-25-7-18(29(21)10-13)19-14-6-24-17(5-16(14)26-27-19)20(30)12-3-11-1-2-28(8-11)9-12/h4-7,10-12H,1-3,8-9H2,(H,26,27). The van der Waals surface area contributed by atoms with Gasteiger partial charge < -0.3 is 4.90 Å². The second-order valence-corrected chi connectivity index (χ2v) is 8.24. The zero-order valence-electron chi connectivity index (χ0n) is 16.0. The summed E-state index contributed by atoms with van der Waals surface area (Å²) in [7, 11) is 0.